The van der Waals surface area contributed by atoms with E-state index in [1.54, 1.807) is 0 Å². The molecule has 0 saturated heterocycles. The Hall–Kier alpha value is -0.0800. The highest BCUT2D eigenvalue weighted by molar-refractivity contribution is 4.76. The summed E-state index contributed by atoms with van der Waals surface area (Å²) in [5.41, 5.74) is -0.0440. The number of hydrogen-bond acceptors (Lipinski definition) is 2. The molecule has 0 rings (SSSR count). The minimum absolute atomic E-state index is 0.0440. The summed E-state index contributed by atoms with van der Waals surface area (Å²) in [6, 6.07) is 0.634. The van der Waals surface area contributed by atoms with Gasteiger partial charge in [0.1, 0.15) is 0 Å². The van der Waals surface area contributed by atoms with Crippen molar-refractivity contribution in [3.8, 4) is 0 Å². The van der Waals surface area contributed by atoms with Gasteiger partial charge in [0.05, 0.1) is 5.60 Å². The van der Waals surface area contributed by atoms with Crippen molar-refractivity contribution in [1.29, 1.82) is 0 Å². The average molecular weight is 229 g/mol. The van der Waals surface area contributed by atoms with Crippen molar-refractivity contribution < 1.29 is 4.74 Å². The molecule has 0 heterocycles. The van der Waals surface area contributed by atoms with Crippen molar-refractivity contribution in [2.75, 3.05) is 13.2 Å². The molecule has 2 unspecified atom stereocenters. The third-order valence-corrected chi connectivity index (χ3v) is 3.23. The Bertz CT molecular complexity index is 168. The first kappa shape index (κ1) is 15.9. The summed E-state index contributed by atoms with van der Waals surface area (Å²) < 4.78 is 5.69. The summed E-state index contributed by atoms with van der Waals surface area (Å²) in [6.07, 6.45) is 3.74. The zero-order valence-corrected chi connectivity index (χ0v) is 12.1. The number of nitrogens with one attached hydrogen (secondary N) is 1. The van der Waals surface area contributed by atoms with Crippen molar-refractivity contribution in [2.45, 2.75) is 72.4 Å². The SMILES string of the molecule is CCOC(C)(C)CNC(CC)CC(C)CC. The second-order valence-corrected chi connectivity index (χ2v) is 5.43. The van der Waals surface area contributed by atoms with E-state index in [1.807, 2.05) is 0 Å². The molecule has 2 atom stereocenters. The van der Waals surface area contributed by atoms with E-state index in [9.17, 15) is 0 Å². The molecule has 0 aromatic rings. The lowest BCUT2D eigenvalue weighted by molar-refractivity contribution is -0.0111. The quantitative estimate of drug-likeness (QED) is 0.652. The third kappa shape index (κ3) is 7.24. The van der Waals surface area contributed by atoms with Crippen molar-refractivity contribution in [2.24, 2.45) is 5.92 Å². The first-order valence-corrected chi connectivity index (χ1v) is 6.82. The number of rotatable bonds is 9. The fraction of sp³-hybridized carbons (Fsp3) is 1.00. The largest absolute Gasteiger partial charge is 0.375 e. The Morgan fingerprint density at radius 2 is 1.75 bits per heavy atom. The summed E-state index contributed by atoms with van der Waals surface area (Å²) in [5.74, 6) is 0.813. The Morgan fingerprint density at radius 1 is 1.12 bits per heavy atom. The van der Waals surface area contributed by atoms with Gasteiger partial charge in [-0.25, -0.2) is 0 Å². The first-order chi connectivity index (χ1) is 7.45. The van der Waals surface area contributed by atoms with Crippen LogP contribution in [-0.2, 0) is 4.74 Å². The molecular formula is C14H31NO. The molecule has 0 aliphatic carbocycles. The van der Waals surface area contributed by atoms with Crippen LogP contribution in [0.1, 0.15) is 60.8 Å². The van der Waals surface area contributed by atoms with Crippen LogP contribution in [0.3, 0.4) is 0 Å². The maximum absolute atomic E-state index is 5.69. The normalized spacial score (nSPS) is 16.1. The lowest BCUT2D eigenvalue weighted by atomic mass is 9.97. The van der Waals surface area contributed by atoms with E-state index in [0.29, 0.717) is 6.04 Å². The van der Waals surface area contributed by atoms with Crippen LogP contribution < -0.4 is 5.32 Å². The summed E-state index contributed by atoms with van der Waals surface area (Å²) in [7, 11) is 0. The number of hydrogen-bond donors (Lipinski definition) is 1. The molecule has 0 amide bonds. The van der Waals surface area contributed by atoms with Gasteiger partial charge < -0.3 is 10.1 Å². The topological polar surface area (TPSA) is 21.3 Å². The van der Waals surface area contributed by atoms with E-state index in [0.717, 1.165) is 19.1 Å². The van der Waals surface area contributed by atoms with Crippen molar-refractivity contribution in [3.63, 3.8) is 0 Å². The van der Waals surface area contributed by atoms with Crippen LogP contribution in [0.2, 0.25) is 0 Å². The Morgan fingerprint density at radius 3 is 2.19 bits per heavy atom. The van der Waals surface area contributed by atoms with Gasteiger partial charge in [0.2, 0.25) is 0 Å². The second kappa shape index (κ2) is 8.08. The van der Waals surface area contributed by atoms with Gasteiger partial charge in [-0.15, -0.1) is 0 Å². The van der Waals surface area contributed by atoms with Crippen molar-refractivity contribution >= 4 is 0 Å². The zero-order chi connectivity index (χ0) is 12.6. The van der Waals surface area contributed by atoms with Crippen LogP contribution in [0.4, 0.5) is 0 Å². The molecule has 0 aromatic carbocycles. The monoisotopic (exact) mass is 229 g/mol. The Labute approximate surface area is 102 Å². The van der Waals surface area contributed by atoms with Gasteiger partial charge in [-0.05, 0) is 39.5 Å². The molecule has 2 heteroatoms. The predicted octanol–water partition coefficient (Wildman–Crippen LogP) is 3.61. The highest BCUT2D eigenvalue weighted by atomic mass is 16.5. The van der Waals surface area contributed by atoms with E-state index in [4.69, 9.17) is 4.74 Å². The molecule has 1 N–H and O–H groups in total. The van der Waals surface area contributed by atoms with E-state index in [-0.39, 0.29) is 5.60 Å². The summed E-state index contributed by atoms with van der Waals surface area (Å²) in [6.45, 7) is 14.9. The molecule has 0 saturated carbocycles. The maximum Gasteiger partial charge on any atom is 0.0750 e. The van der Waals surface area contributed by atoms with Gasteiger partial charge in [-0.1, -0.05) is 27.2 Å². The fourth-order valence-corrected chi connectivity index (χ4v) is 1.88. The van der Waals surface area contributed by atoms with Gasteiger partial charge in [0, 0.05) is 19.2 Å². The Balaban J connectivity index is 3.94. The zero-order valence-electron chi connectivity index (χ0n) is 12.1. The van der Waals surface area contributed by atoms with E-state index < -0.39 is 0 Å². The van der Waals surface area contributed by atoms with Crippen LogP contribution in [0.25, 0.3) is 0 Å². The van der Waals surface area contributed by atoms with Gasteiger partial charge in [0.25, 0.3) is 0 Å². The molecule has 0 aliphatic heterocycles. The minimum Gasteiger partial charge on any atom is -0.375 e. The molecule has 0 bridgehead atoms. The van der Waals surface area contributed by atoms with Gasteiger partial charge in [0.15, 0.2) is 0 Å². The van der Waals surface area contributed by atoms with Crippen LogP contribution >= 0.6 is 0 Å². The van der Waals surface area contributed by atoms with Crippen LogP contribution in [-0.4, -0.2) is 24.8 Å². The van der Waals surface area contributed by atoms with Gasteiger partial charge >= 0.3 is 0 Å². The molecule has 0 radical (unpaired) electrons. The van der Waals surface area contributed by atoms with Gasteiger partial charge in [-0.3, -0.25) is 0 Å². The fourth-order valence-electron chi connectivity index (χ4n) is 1.88. The molecule has 0 aliphatic rings. The van der Waals surface area contributed by atoms with Crippen molar-refractivity contribution in [3.05, 3.63) is 0 Å². The number of ether oxygens (including phenoxy) is 1. The highest BCUT2D eigenvalue weighted by Gasteiger charge is 2.19. The standard InChI is InChI=1S/C14H31NO/c1-7-12(4)10-13(8-2)15-11-14(5,6)16-9-3/h12-13,15H,7-11H2,1-6H3. The van der Waals surface area contributed by atoms with Crippen LogP contribution in [0.15, 0.2) is 0 Å². The highest BCUT2D eigenvalue weighted by Crippen LogP contribution is 2.14. The second-order valence-electron chi connectivity index (χ2n) is 5.43. The first-order valence-electron chi connectivity index (χ1n) is 6.82. The van der Waals surface area contributed by atoms with Crippen LogP contribution in [0.5, 0.6) is 0 Å². The van der Waals surface area contributed by atoms with E-state index in [2.05, 4.69) is 46.9 Å². The molecule has 0 fully saturated rings. The molecule has 0 spiro atoms. The lowest BCUT2D eigenvalue weighted by Gasteiger charge is -2.29. The smallest absolute Gasteiger partial charge is 0.0750 e. The summed E-state index contributed by atoms with van der Waals surface area (Å²) in [4.78, 5) is 0. The van der Waals surface area contributed by atoms with Crippen molar-refractivity contribution in [1.82, 2.24) is 5.32 Å². The molecule has 16 heavy (non-hydrogen) atoms. The predicted molar refractivity (Wildman–Crippen MR) is 71.9 cm³/mol. The summed E-state index contributed by atoms with van der Waals surface area (Å²) in [5, 5.41) is 3.63. The average Bonchev–Trinajstić information content (AvgIpc) is 2.23. The third-order valence-electron chi connectivity index (χ3n) is 3.23. The van der Waals surface area contributed by atoms with E-state index in [1.165, 1.54) is 19.3 Å². The van der Waals surface area contributed by atoms with E-state index >= 15 is 0 Å². The molecule has 2 nitrogen and oxygen atoms in total. The minimum atomic E-state index is -0.0440. The van der Waals surface area contributed by atoms with Crippen LogP contribution in [0, 0.1) is 5.92 Å². The Kier molecular flexibility index (Phi) is 8.04. The molecular weight excluding hydrogens is 198 g/mol. The lowest BCUT2D eigenvalue weighted by Crippen LogP contribution is -2.42. The van der Waals surface area contributed by atoms with Gasteiger partial charge in [-0.2, -0.15) is 0 Å². The molecule has 98 valence electrons. The maximum atomic E-state index is 5.69. The summed E-state index contributed by atoms with van der Waals surface area (Å²) >= 11 is 0. The molecule has 0 aromatic heterocycles.